The van der Waals surface area contributed by atoms with E-state index >= 15 is 0 Å². The fourth-order valence-corrected chi connectivity index (χ4v) is 1.38. The number of rotatable bonds is 3. The van der Waals surface area contributed by atoms with Gasteiger partial charge in [-0.25, -0.2) is 0 Å². The summed E-state index contributed by atoms with van der Waals surface area (Å²) in [5.41, 5.74) is 6.22. The van der Waals surface area contributed by atoms with Crippen LogP contribution in [0, 0.1) is 40.9 Å². The van der Waals surface area contributed by atoms with E-state index in [0.717, 1.165) is 0 Å². The number of hydrogen-bond acceptors (Lipinski definition) is 5. The van der Waals surface area contributed by atoms with Crippen molar-refractivity contribution in [1.82, 2.24) is 0 Å². The monoisotopic (exact) mass is 251 g/mol. The third-order valence-electron chi connectivity index (χ3n) is 2.36. The van der Waals surface area contributed by atoms with Gasteiger partial charge in [-0.2, -0.15) is 15.8 Å². The number of carbonyl (C=O) groups excluding carboxylic acids is 1. The van der Waals surface area contributed by atoms with Crippen LogP contribution in [0.25, 0.3) is 0 Å². The van der Waals surface area contributed by atoms with Gasteiger partial charge >= 0.3 is 0 Å². The first-order valence-electron chi connectivity index (χ1n) is 5.15. The van der Waals surface area contributed by atoms with Gasteiger partial charge in [0.25, 0.3) is 0 Å². The molecule has 0 aliphatic carbocycles. The molecule has 0 spiro atoms. The summed E-state index contributed by atoms with van der Waals surface area (Å²) in [5.74, 6) is -0.555. The van der Waals surface area contributed by atoms with E-state index in [0.29, 0.717) is 16.8 Å². The van der Waals surface area contributed by atoms with Crippen LogP contribution in [0.15, 0.2) is 29.5 Å². The molecular weight excluding hydrogens is 242 g/mol. The molecule has 0 bridgehead atoms. The molecule has 1 rings (SSSR count). The fraction of sp³-hybridized carbons (Fsp3) is 0.0769. The molecular formula is C13H9N5O. The zero-order valence-electron chi connectivity index (χ0n) is 10.1. The Balaban J connectivity index is 3.19. The normalized spacial score (nSPS) is 8.53. The smallest absolute Gasteiger partial charge is 0.248 e. The lowest BCUT2D eigenvalue weighted by Crippen LogP contribution is -2.11. The maximum absolute atomic E-state index is 11.0. The van der Waals surface area contributed by atoms with Crippen molar-refractivity contribution in [1.29, 1.82) is 15.8 Å². The number of allylic oxidation sites excluding steroid dienone is 2. The number of nitriles is 3. The molecule has 0 fully saturated rings. The summed E-state index contributed by atoms with van der Waals surface area (Å²) in [5, 5.41) is 29.0. The Morgan fingerprint density at radius 2 is 1.84 bits per heavy atom. The van der Waals surface area contributed by atoms with Gasteiger partial charge in [0.2, 0.25) is 5.91 Å². The Kier molecular flexibility index (Phi) is 4.24. The fourth-order valence-electron chi connectivity index (χ4n) is 1.38. The first-order valence-corrected chi connectivity index (χ1v) is 5.15. The highest BCUT2D eigenvalue weighted by Gasteiger charge is 2.09. The SMILES string of the molecule is Cc1cc(C(N)=O)ccc1NC(C#N)=C(C#N)C#N. The summed E-state index contributed by atoms with van der Waals surface area (Å²) in [7, 11) is 0. The van der Waals surface area contributed by atoms with Crippen LogP contribution in [0.4, 0.5) is 5.69 Å². The third kappa shape index (κ3) is 3.09. The molecule has 0 aromatic heterocycles. The first kappa shape index (κ1) is 13.8. The summed E-state index contributed by atoms with van der Waals surface area (Å²) in [4.78, 5) is 11.0. The molecule has 0 aliphatic heterocycles. The molecule has 92 valence electrons. The zero-order chi connectivity index (χ0) is 14.4. The van der Waals surface area contributed by atoms with Crippen molar-refractivity contribution in [2.45, 2.75) is 6.92 Å². The Labute approximate surface area is 110 Å². The molecule has 0 saturated heterocycles. The Hall–Kier alpha value is -3.30. The average molecular weight is 251 g/mol. The van der Waals surface area contributed by atoms with Gasteiger partial charge in [0.05, 0.1) is 0 Å². The van der Waals surface area contributed by atoms with Crippen LogP contribution >= 0.6 is 0 Å². The predicted octanol–water partition coefficient (Wildman–Crippen LogP) is 1.33. The quantitative estimate of drug-likeness (QED) is 0.783. The standard InChI is InChI=1S/C13H9N5O/c1-8-4-9(13(17)19)2-3-11(8)18-12(7-16)10(5-14)6-15/h2-4,18H,1H3,(H2,17,19). The maximum Gasteiger partial charge on any atom is 0.248 e. The zero-order valence-corrected chi connectivity index (χ0v) is 10.1. The van der Waals surface area contributed by atoms with Crippen LogP contribution in [-0.2, 0) is 0 Å². The van der Waals surface area contributed by atoms with E-state index < -0.39 is 5.91 Å². The van der Waals surface area contributed by atoms with Crippen molar-refractivity contribution >= 4 is 11.6 Å². The van der Waals surface area contributed by atoms with Crippen molar-refractivity contribution in [3.05, 3.63) is 40.6 Å². The molecule has 3 N–H and O–H groups in total. The lowest BCUT2D eigenvalue weighted by molar-refractivity contribution is 0.1000. The molecule has 1 aromatic carbocycles. The van der Waals surface area contributed by atoms with Gasteiger partial charge < -0.3 is 11.1 Å². The first-order chi connectivity index (χ1) is 9.03. The molecule has 0 unspecified atom stereocenters. The number of carbonyl (C=O) groups is 1. The van der Waals surface area contributed by atoms with Crippen molar-refractivity contribution in [3.8, 4) is 18.2 Å². The van der Waals surface area contributed by atoms with Gasteiger partial charge in [0.1, 0.15) is 23.9 Å². The number of amides is 1. The minimum atomic E-state index is -0.555. The summed E-state index contributed by atoms with van der Waals surface area (Å²) in [6.07, 6.45) is 0. The highest BCUT2D eigenvalue weighted by Crippen LogP contribution is 2.19. The van der Waals surface area contributed by atoms with Crippen molar-refractivity contribution < 1.29 is 4.79 Å². The second-order valence-corrected chi connectivity index (χ2v) is 3.60. The molecule has 1 aromatic rings. The summed E-state index contributed by atoms with van der Waals surface area (Å²) in [6, 6.07) is 9.61. The molecule has 19 heavy (non-hydrogen) atoms. The van der Waals surface area contributed by atoms with E-state index in [1.54, 1.807) is 37.3 Å². The highest BCUT2D eigenvalue weighted by molar-refractivity contribution is 5.93. The van der Waals surface area contributed by atoms with Crippen LogP contribution in [0.3, 0.4) is 0 Å². The van der Waals surface area contributed by atoms with Crippen LogP contribution in [0.1, 0.15) is 15.9 Å². The Bertz CT molecular complexity index is 666. The number of hydrogen-bond donors (Lipinski definition) is 2. The van der Waals surface area contributed by atoms with Crippen LogP contribution in [0.2, 0.25) is 0 Å². The lowest BCUT2D eigenvalue weighted by atomic mass is 10.1. The molecule has 0 aliphatic rings. The van der Waals surface area contributed by atoms with Gasteiger partial charge in [-0.3, -0.25) is 4.79 Å². The highest BCUT2D eigenvalue weighted by atomic mass is 16.1. The van der Waals surface area contributed by atoms with Gasteiger partial charge in [0, 0.05) is 11.3 Å². The van der Waals surface area contributed by atoms with Crippen molar-refractivity contribution in [2.24, 2.45) is 5.73 Å². The minimum Gasteiger partial charge on any atom is -0.366 e. The van der Waals surface area contributed by atoms with E-state index in [2.05, 4.69) is 5.32 Å². The van der Waals surface area contributed by atoms with Crippen LogP contribution < -0.4 is 11.1 Å². The molecule has 0 heterocycles. The average Bonchev–Trinajstić information content (AvgIpc) is 2.40. The minimum absolute atomic E-state index is 0.139. The molecule has 0 saturated carbocycles. The van der Waals surface area contributed by atoms with Gasteiger partial charge in [0.15, 0.2) is 5.57 Å². The van der Waals surface area contributed by atoms with E-state index in [1.807, 2.05) is 0 Å². The number of aryl methyl sites for hydroxylation is 1. The van der Waals surface area contributed by atoms with Crippen molar-refractivity contribution in [3.63, 3.8) is 0 Å². The predicted molar refractivity (Wildman–Crippen MR) is 67.2 cm³/mol. The van der Waals surface area contributed by atoms with E-state index in [4.69, 9.17) is 21.5 Å². The molecule has 6 nitrogen and oxygen atoms in total. The second kappa shape index (κ2) is 5.86. The van der Waals surface area contributed by atoms with Crippen LogP contribution in [-0.4, -0.2) is 5.91 Å². The van der Waals surface area contributed by atoms with E-state index in [1.165, 1.54) is 6.07 Å². The molecule has 0 radical (unpaired) electrons. The van der Waals surface area contributed by atoms with Gasteiger partial charge in [-0.1, -0.05) is 0 Å². The van der Waals surface area contributed by atoms with Crippen molar-refractivity contribution in [2.75, 3.05) is 5.32 Å². The maximum atomic E-state index is 11.0. The number of benzene rings is 1. The van der Waals surface area contributed by atoms with Gasteiger partial charge in [-0.05, 0) is 30.7 Å². The summed E-state index contributed by atoms with van der Waals surface area (Å²) < 4.78 is 0. The number of nitrogens with two attached hydrogens (primary N) is 1. The number of nitrogens with one attached hydrogen (secondary N) is 1. The summed E-state index contributed by atoms with van der Waals surface area (Å²) >= 11 is 0. The summed E-state index contributed by atoms with van der Waals surface area (Å²) in [6.45, 7) is 1.71. The molecule has 1 amide bonds. The Morgan fingerprint density at radius 1 is 1.21 bits per heavy atom. The third-order valence-corrected chi connectivity index (χ3v) is 2.36. The second-order valence-electron chi connectivity index (χ2n) is 3.60. The largest absolute Gasteiger partial charge is 0.366 e. The molecule has 6 heteroatoms. The van der Waals surface area contributed by atoms with E-state index in [-0.39, 0.29) is 11.3 Å². The van der Waals surface area contributed by atoms with Crippen LogP contribution in [0.5, 0.6) is 0 Å². The van der Waals surface area contributed by atoms with E-state index in [9.17, 15) is 4.79 Å². The topological polar surface area (TPSA) is 126 Å². The Morgan fingerprint density at radius 3 is 2.26 bits per heavy atom. The lowest BCUT2D eigenvalue weighted by Gasteiger charge is -2.09. The number of primary amides is 1. The number of anilines is 1. The molecule has 0 atom stereocenters. The number of nitrogens with zero attached hydrogens (tertiary/aromatic N) is 3. The van der Waals surface area contributed by atoms with Gasteiger partial charge in [-0.15, -0.1) is 0 Å².